The number of hydrogen-bond acceptors (Lipinski definition) is 7. The third-order valence-corrected chi connectivity index (χ3v) is 3.78. The number of carbonyl (C=O) groups excluding carboxylic acids is 2. The fourth-order valence-corrected chi connectivity index (χ4v) is 2.60. The number of aromatic nitrogens is 2. The predicted molar refractivity (Wildman–Crippen MR) is 106 cm³/mol. The molecule has 1 aromatic carbocycles. The Labute approximate surface area is 169 Å². The number of rotatable bonds is 8. The molecule has 8 nitrogen and oxygen atoms in total. The average molecular weight is 397 g/mol. The van der Waals surface area contributed by atoms with Gasteiger partial charge in [-0.25, -0.2) is 9.48 Å². The van der Waals surface area contributed by atoms with Gasteiger partial charge in [0.2, 0.25) is 0 Å². The standard InChI is InChI=1S/C21H23N3O5/c1-5-27-19-11-16(7-8-18(19)29-13-20(25)28-6-2)10-17(12-22)21(26)24-15(4)9-14(3)23-24/h7-11H,5-6,13H2,1-4H3/b17-10+. The van der Waals surface area contributed by atoms with Gasteiger partial charge in [-0.3, -0.25) is 4.79 Å². The number of aryl methyl sites for hydroxylation is 2. The second-order valence-electron chi connectivity index (χ2n) is 6.05. The molecule has 0 saturated heterocycles. The van der Waals surface area contributed by atoms with E-state index >= 15 is 0 Å². The van der Waals surface area contributed by atoms with E-state index in [1.165, 1.54) is 10.8 Å². The third-order valence-electron chi connectivity index (χ3n) is 3.78. The van der Waals surface area contributed by atoms with Gasteiger partial charge in [-0.1, -0.05) is 6.07 Å². The number of nitriles is 1. The first-order chi connectivity index (χ1) is 13.9. The molecule has 2 rings (SSSR count). The second-order valence-corrected chi connectivity index (χ2v) is 6.05. The second kappa shape index (κ2) is 10.1. The molecular weight excluding hydrogens is 374 g/mol. The van der Waals surface area contributed by atoms with Crippen molar-refractivity contribution in [3.05, 3.63) is 46.8 Å². The molecule has 0 N–H and O–H groups in total. The van der Waals surface area contributed by atoms with Crippen molar-refractivity contribution in [2.75, 3.05) is 19.8 Å². The van der Waals surface area contributed by atoms with Gasteiger partial charge in [0, 0.05) is 5.69 Å². The van der Waals surface area contributed by atoms with Crippen LogP contribution < -0.4 is 9.47 Å². The van der Waals surface area contributed by atoms with Gasteiger partial charge in [-0.2, -0.15) is 10.4 Å². The first kappa shape index (κ1) is 21.7. The summed E-state index contributed by atoms with van der Waals surface area (Å²) < 4.78 is 17.1. The van der Waals surface area contributed by atoms with Crippen molar-refractivity contribution >= 4 is 18.0 Å². The lowest BCUT2D eigenvalue weighted by Gasteiger charge is -2.12. The van der Waals surface area contributed by atoms with Crippen LogP contribution in [0.25, 0.3) is 6.08 Å². The van der Waals surface area contributed by atoms with Crippen LogP contribution in [0.2, 0.25) is 0 Å². The SMILES string of the molecule is CCOC(=O)COc1ccc(/C=C(\C#N)C(=O)n2nc(C)cc2C)cc1OCC. The Morgan fingerprint density at radius 2 is 1.90 bits per heavy atom. The minimum Gasteiger partial charge on any atom is -0.490 e. The number of esters is 1. The van der Waals surface area contributed by atoms with Crippen molar-refractivity contribution < 1.29 is 23.8 Å². The molecule has 0 aliphatic rings. The molecule has 0 bridgehead atoms. The molecule has 1 aromatic heterocycles. The van der Waals surface area contributed by atoms with Crippen LogP contribution in [0.5, 0.6) is 11.5 Å². The highest BCUT2D eigenvalue weighted by Gasteiger charge is 2.16. The number of nitrogens with zero attached hydrogens (tertiary/aromatic N) is 3. The molecule has 0 radical (unpaired) electrons. The van der Waals surface area contributed by atoms with E-state index < -0.39 is 11.9 Å². The van der Waals surface area contributed by atoms with Crippen LogP contribution in [0.15, 0.2) is 29.8 Å². The lowest BCUT2D eigenvalue weighted by atomic mass is 10.1. The summed E-state index contributed by atoms with van der Waals surface area (Å²) in [4.78, 5) is 24.1. The van der Waals surface area contributed by atoms with Gasteiger partial charge in [-0.15, -0.1) is 0 Å². The quantitative estimate of drug-likeness (QED) is 0.383. The van der Waals surface area contributed by atoms with Crippen molar-refractivity contribution in [3.63, 3.8) is 0 Å². The van der Waals surface area contributed by atoms with Gasteiger partial charge < -0.3 is 14.2 Å². The fraction of sp³-hybridized carbons (Fsp3) is 0.333. The first-order valence-corrected chi connectivity index (χ1v) is 9.14. The number of allylic oxidation sites excluding steroid dienone is 1. The zero-order valence-electron chi connectivity index (χ0n) is 16.9. The molecule has 152 valence electrons. The molecule has 0 atom stereocenters. The number of hydrogen-bond donors (Lipinski definition) is 0. The largest absolute Gasteiger partial charge is 0.490 e. The molecule has 0 aliphatic heterocycles. The summed E-state index contributed by atoms with van der Waals surface area (Å²) in [5.41, 5.74) is 1.84. The molecule has 0 unspecified atom stereocenters. The maximum atomic E-state index is 12.6. The Bertz CT molecular complexity index is 969. The zero-order valence-corrected chi connectivity index (χ0v) is 16.9. The van der Waals surface area contributed by atoms with Crippen LogP contribution in [0.4, 0.5) is 0 Å². The lowest BCUT2D eigenvalue weighted by Crippen LogP contribution is -2.16. The topological polar surface area (TPSA) is 103 Å². The van der Waals surface area contributed by atoms with Gasteiger partial charge in [0.25, 0.3) is 5.91 Å². The third kappa shape index (κ3) is 5.69. The van der Waals surface area contributed by atoms with Crippen molar-refractivity contribution in [2.45, 2.75) is 27.7 Å². The van der Waals surface area contributed by atoms with E-state index in [0.717, 1.165) is 0 Å². The zero-order chi connectivity index (χ0) is 21.4. The predicted octanol–water partition coefficient (Wildman–Crippen LogP) is 3.09. The van der Waals surface area contributed by atoms with E-state index in [1.54, 1.807) is 45.0 Å². The van der Waals surface area contributed by atoms with Crippen LogP contribution >= 0.6 is 0 Å². The Balaban J connectivity index is 2.29. The Morgan fingerprint density at radius 1 is 1.14 bits per heavy atom. The highest BCUT2D eigenvalue weighted by Crippen LogP contribution is 2.29. The van der Waals surface area contributed by atoms with Crippen molar-refractivity contribution in [3.8, 4) is 17.6 Å². The van der Waals surface area contributed by atoms with Crippen LogP contribution in [0.3, 0.4) is 0 Å². The summed E-state index contributed by atoms with van der Waals surface area (Å²) in [5, 5.41) is 13.6. The number of benzene rings is 1. The van der Waals surface area contributed by atoms with Crippen LogP contribution in [0.1, 0.15) is 35.6 Å². The molecule has 2 aromatic rings. The average Bonchev–Trinajstić information content (AvgIpc) is 3.03. The Hall–Kier alpha value is -3.60. The maximum Gasteiger partial charge on any atom is 0.344 e. The van der Waals surface area contributed by atoms with E-state index in [4.69, 9.17) is 14.2 Å². The Kier molecular flexibility index (Phi) is 7.54. The van der Waals surface area contributed by atoms with Gasteiger partial charge in [0.1, 0.15) is 11.6 Å². The number of ether oxygens (including phenoxy) is 3. The fourth-order valence-electron chi connectivity index (χ4n) is 2.60. The molecule has 8 heteroatoms. The minimum atomic E-state index is -0.515. The monoisotopic (exact) mass is 397 g/mol. The molecule has 0 fully saturated rings. The van der Waals surface area contributed by atoms with Gasteiger partial charge in [0.15, 0.2) is 18.1 Å². The van der Waals surface area contributed by atoms with E-state index in [2.05, 4.69) is 5.10 Å². The Morgan fingerprint density at radius 3 is 2.48 bits per heavy atom. The van der Waals surface area contributed by atoms with E-state index in [0.29, 0.717) is 35.1 Å². The molecule has 1 heterocycles. The summed E-state index contributed by atoms with van der Waals surface area (Å²) in [6, 6.07) is 8.59. The van der Waals surface area contributed by atoms with Crippen molar-refractivity contribution in [1.29, 1.82) is 5.26 Å². The normalized spacial score (nSPS) is 10.9. The van der Waals surface area contributed by atoms with E-state index in [-0.39, 0.29) is 18.8 Å². The molecule has 0 saturated carbocycles. The summed E-state index contributed by atoms with van der Waals surface area (Å²) in [6.07, 6.45) is 1.45. The molecule has 0 amide bonds. The molecular formula is C21H23N3O5. The summed E-state index contributed by atoms with van der Waals surface area (Å²) in [6.45, 7) is 7.44. The lowest BCUT2D eigenvalue weighted by molar-refractivity contribution is -0.145. The minimum absolute atomic E-state index is 0.0705. The summed E-state index contributed by atoms with van der Waals surface area (Å²) in [5.74, 6) is -0.248. The van der Waals surface area contributed by atoms with E-state index in [9.17, 15) is 14.9 Å². The maximum absolute atomic E-state index is 12.6. The molecule has 0 aliphatic carbocycles. The van der Waals surface area contributed by atoms with E-state index in [1.807, 2.05) is 13.0 Å². The first-order valence-electron chi connectivity index (χ1n) is 9.14. The molecule has 0 spiro atoms. The van der Waals surface area contributed by atoms with Crippen LogP contribution in [0, 0.1) is 25.2 Å². The van der Waals surface area contributed by atoms with Gasteiger partial charge >= 0.3 is 5.97 Å². The van der Waals surface area contributed by atoms with Crippen LogP contribution in [-0.2, 0) is 9.53 Å². The van der Waals surface area contributed by atoms with Crippen molar-refractivity contribution in [2.24, 2.45) is 0 Å². The molecule has 29 heavy (non-hydrogen) atoms. The summed E-state index contributed by atoms with van der Waals surface area (Å²) >= 11 is 0. The van der Waals surface area contributed by atoms with Gasteiger partial charge in [0.05, 0.1) is 18.9 Å². The van der Waals surface area contributed by atoms with Crippen molar-refractivity contribution in [1.82, 2.24) is 9.78 Å². The highest BCUT2D eigenvalue weighted by atomic mass is 16.6. The number of carbonyl (C=O) groups is 2. The van der Waals surface area contributed by atoms with Gasteiger partial charge in [-0.05, 0) is 57.5 Å². The van der Waals surface area contributed by atoms with Crippen LogP contribution in [-0.4, -0.2) is 41.5 Å². The smallest absolute Gasteiger partial charge is 0.344 e. The summed E-state index contributed by atoms with van der Waals surface area (Å²) in [7, 11) is 0. The highest BCUT2D eigenvalue weighted by molar-refractivity contribution is 6.03.